The van der Waals surface area contributed by atoms with Crippen molar-refractivity contribution in [2.75, 3.05) is 24.6 Å². The van der Waals surface area contributed by atoms with Gasteiger partial charge < -0.3 is 15.3 Å². The number of carbonyl (C=O) groups excluding carboxylic acids is 2. The van der Waals surface area contributed by atoms with Gasteiger partial charge in [0, 0.05) is 36.0 Å². The van der Waals surface area contributed by atoms with Gasteiger partial charge in [-0.05, 0) is 32.6 Å². The minimum absolute atomic E-state index is 0.0212. The minimum atomic E-state index is -2.59. The highest BCUT2D eigenvalue weighted by atomic mass is 32.3. The van der Waals surface area contributed by atoms with Crippen LogP contribution in [-0.4, -0.2) is 72.1 Å². The van der Waals surface area contributed by atoms with E-state index < -0.39 is 22.1 Å². The molecule has 0 saturated carbocycles. The molecule has 1 aromatic heterocycles. The second-order valence-corrected chi connectivity index (χ2v) is 10.4. The number of aromatic nitrogens is 1. The first-order valence-electron chi connectivity index (χ1n) is 8.70. The number of nitrogens with zero attached hydrogens (tertiary/aromatic N) is 2. The van der Waals surface area contributed by atoms with E-state index in [4.69, 9.17) is 0 Å². The molecule has 2 aliphatic rings. The van der Waals surface area contributed by atoms with Crippen molar-refractivity contribution in [1.82, 2.24) is 15.2 Å². The van der Waals surface area contributed by atoms with E-state index in [0.29, 0.717) is 6.54 Å². The number of thiazole rings is 1. The molecule has 3 rings (SSSR count). The Bertz CT molecular complexity index is 683. The molecule has 0 spiro atoms. The fourth-order valence-corrected chi connectivity index (χ4v) is 5.61. The van der Waals surface area contributed by atoms with Crippen molar-refractivity contribution in [2.24, 2.45) is 0 Å². The predicted molar refractivity (Wildman–Crippen MR) is 101 cm³/mol. The van der Waals surface area contributed by atoms with Gasteiger partial charge in [-0.25, -0.2) is 4.98 Å². The Morgan fingerprint density at radius 2 is 2.12 bits per heavy atom. The summed E-state index contributed by atoms with van der Waals surface area (Å²) in [7, 11) is -2.59. The van der Waals surface area contributed by atoms with Crippen molar-refractivity contribution in [2.45, 2.75) is 44.2 Å². The lowest BCUT2D eigenvalue weighted by Crippen LogP contribution is -2.47. The van der Waals surface area contributed by atoms with E-state index in [1.807, 2.05) is 6.92 Å². The Morgan fingerprint density at radius 1 is 1.42 bits per heavy atom. The van der Waals surface area contributed by atoms with Crippen LogP contribution in [0, 0.1) is 0 Å². The monoisotopic (exact) mass is 403 g/mol. The zero-order valence-corrected chi connectivity index (χ0v) is 16.3. The number of rotatable bonds is 4. The summed E-state index contributed by atoms with van der Waals surface area (Å²) >= 11 is 1.10. The molecular weight excluding hydrogens is 378 g/mol. The molecule has 26 heavy (non-hydrogen) atoms. The Kier molecular flexibility index (Phi) is 5.59. The van der Waals surface area contributed by atoms with Crippen LogP contribution < -0.4 is 5.32 Å². The van der Waals surface area contributed by atoms with Crippen LogP contribution in [0.3, 0.4) is 0 Å². The van der Waals surface area contributed by atoms with E-state index in [2.05, 4.69) is 10.3 Å². The van der Waals surface area contributed by atoms with E-state index in [0.717, 1.165) is 24.2 Å². The largest absolute Gasteiger partial charge is 0.388 e. The third kappa shape index (κ3) is 4.37. The van der Waals surface area contributed by atoms with Crippen LogP contribution in [0.2, 0.25) is 0 Å². The molecule has 0 aromatic carbocycles. The first-order valence-corrected chi connectivity index (χ1v) is 11.5. The first-order chi connectivity index (χ1) is 12.2. The van der Waals surface area contributed by atoms with Gasteiger partial charge in [-0.2, -0.15) is 10.6 Å². The summed E-state index contributed by atoms with van der Waals surface area (Å²) < 4.78 is 19.2. The van der Waals surface area contributed by atoms with Crippen LogP contribution in [0.15, 0.2) is 5.38 Å². The van der Waals surface area contributed by atoms with Crippen LogP contribution in [0.4, 0.5) is 0 Å². The van der Waals surface area contributed by atoms with Gasteiger partial charge in [-0.3, -0.25) is 18.7 Å². The van der Waals surface area contributed by atoms with Gasteiger partial charge in [-0.15, -0.1) is 11.3 Å². The molecule has 1 atom stereocenters. The lowest BCUT2D eigenvalue weighted by molar-refractivity contribution is 0.0281. The van der Waals surface area contributed by atoms with Gasteiger partial charge in [0.1, 0.15) is 5.69 Å². The Labute approximate surface area is 158 Å². The van der Waals surface area contributed by atoms with Gasteiger partial charge in [0.05, 0.1) is 5.60 Å². The van der Waals surface area contributed by atoms with E-state index in [1.54, 1.807) is 10.3 Å². The molecule has 146 valence electrons. The predicted octanol–water partition coefficient (Wildman–Crippen LogP) is 1.77. The smallest absolute Gasteiger partial charge is 0.280 e. The maximum atomic E-state index is 12.5. The van der Waals surface area contributed by atoms with E-state index >= 15 is 0 Å². The third-order valence-corrected chi connectivity index (χ3v) is 7.65. The normalized spacial score (nSPS) is 25.7. The average Bonchev–Trinajstić information content (AvgIpc) is 3.25. The second-order valence-electron chi connectivity index (χ2n) is 7.15. The first kappa shape index (κ1) is 19.6. The molecule has 0 aliphatic carbocycles. The maximum absolute atomic E-state index is 12.5. The molecule has 2 fully saturated rings. The highest BCUT2D eigenvalue weighted by Crippen LogP contribution is 2.46. The van der Waals surface area contributed by atoms with Crippen molar-refractivity contribution in [3.05, 3.63) is 16.1 Å². The number of likely N-dealkylation sites (tertiary alicyclic amines) is 1. The maximum Gasteiger partial charge on any atom is 0.280 e. The topological polar surface area (TPSA) is 123 Å². The quantitative estimate of drug-likeness (QED) is 0.608. The van der Waals surface area contributed by atoms with E-state index in [-0.39, 0.29) is 53.5 Å². The number of aliphatic hydroxyl groups is 1. The number of hydrogen-bond acceptors (Lipinski definition) is 7. The third-order valence-electron chi connectivity index (χ3n) is 5.10. The van der Waals surface area contributed by atoms with Crippen LogP contribution >= 0.6 is 21.9 Å². The molecule has 3 heterocycles. The van der Waals surface area contributed by atoms with Crippen LogP contribution in [0.5, 0.6) is 0 Å². The molecule has 2 saturated heterocycles. The molecule has 8 nitrogen and oxygen atoms in total. The van der Waals surface area contributed by atoms with Crippen molar-refractivity contribution >= 4 is 33.7 Å². The average molecular weight is 404 g/mol. The number of amides is 2. The molecule has 2 amide bonds. The summed E-state index contributed by atoms with van der Waals surface area (Å²) in [6.07, 6.45) is 2.41. The van der Waals surface area contributed by atoms with Crippen LogP contribution in [0.25, 0.3) is 0 Å². The molecule has 10 heteroatoms. The van der Waals surface area contributed by atoms with Crippen molar-refractivity contribution < 1.29 is 23.8 Å². The molecule has 0 bridgehead atoms. The summed E-state index contributed by atoms with van der Waals surface area (Å²) in [5.74, 6) is -0.303. The second kappa shape index (κ2) is 7.43. The standard InChI is InChI=1S/C16H25N3O5S2/c1-11-3-2-6-19(11)15(21)12-9-25-14(18-12)13(20)17-10-16(22)4-7-26(23,24)8-5-16/h9,11,22-24H,2-8,10H2,1H3,(H,17,20)/t11-/m0/s1. The Balaban J connectivity index is 1.56. The summed E-state index contributed by atoms with van der Waals surface area (Å²) in [6.45, 7) is 2.74. The molecular formula is C16H25N3O5S2. The Morgan fingerprint density at radius 3 is 2.73 bits per heavy atom. The van der Waals surface area contributed by atoms with Crippen molar-refractivity contribution in [3.8, 4) is 0 Å². The highest BCUT2D eigenvalue weighted by molar-refractivity contribution is 8.24. The molecule has 0 unspecified atom stereocenters. The summed E-state index contributed by atoms with van der Waals surface area (Å²) in [4.78, 5) is 30.7. The van der Waals surface area contributed by atoms with Gasteiger partial charge in [-0.1, -0.05) is 0 Å². The minimum Gasteiger partial charge on any atom is -0.388 e. The molecule has 2 aliphatic heterocycles. The molecule has 1 aromatic rings. The summed E-state index contributed by atoms with van der Waals surface area (Å²) in [6, 6.07) is 0.189. The number of hydrogen-bond donors (Lipinski definition) is 4. The van der Waals surface area contributed by atoms with Gasteiger partial charge in [0.2, 0.25) is 0 Å². The zero-order chi connectivity index (χ0) is 18.9. The lowest BCUT2D eigenvalue weighted by Gasteiger charge is -2.43. The Hall–Kier alpha value is -1.20. The summed E-state index contributed by atoms with van der Waals surface area (Å²) in [5.41, 5.74) is -0.863. The highest BCUT2D eigenvalue weighted by Gasteiger charge is 2.36. The van der Waals surface area contributed by atoms with Crippen LogP contribution in [0.1, 0.15) is 52.9 Å². The van der Waals surface area contributed by atoms with E-state index in [9.17, 15) is 23.8 Å². The van der Waals surface area contributed by atoms with Crippen molar-refractivity contribution in [1.29, 1.82) is 0 Å². The van der Waals surface area contributed by atoms with Gasteiger partial charge in [0.15, 0.2) is 5.01 Å². The fraction of sp³-hybridized carbons (Fsp3) is 0.688. The zero-order valence-electron chi connectivity index (χ0n) is 14.7. The molecule has 0 radical (unpaired) electrons. The fourth-order valence-electron chi connectivity index (χ4n) is 3.29. The number of carbonyl (C=O) groups is 2. The van der Waals surface area contributed by atoms with Crippen LogP contribution in [-0.2, 0) is 0 Å². The lowest BCUT2D eigenvalue weighted by atomic mass is 9.97. The molecule has 4 N–H and O–H groups in total. The van der Waals surface area contributed by atoms with Gasteiger partial charge >= 0.3 is 0 Å². The van der Waals surface area contributed by atoms with Gasteiger partial charge in [0.25, 0.3) is 11.8 Å². The van der Waals surface area contributed by atoms with E-state index in [1.165, 1.54) is 0 Å². The van der Waals surface area contributed by atoms with Crippen molar-refractivity contribution in [3.63, 3.8) is 0 Å². The summed E-state index contributed by atoms with van der Waals surface area (Å²) in [5, 5.41) is 14.9. The number of nitrogens with one attached hydrogen (secondary N) is 1. The SMILES string of the molecule is C[C@H]1CCCN1C(=O)c1csc(C(=O)NCC2(O)CCS(O)(O)CC2)n1.